The molecule has 0 spiro atoms. The van der Waals surface area contributed by atoms with E-state index in [1.165, 1.54) is 19.3 Å². The number of carbonyl (C=O) groups excluding carboxylic acids is 1. The summed E-state index contributed by atoms with van der Waals surface area (Å²) in [5, 5.41) is 0. The van der Waals surface area contributed by atoms with Crippen LogP contribution in [0.1, 0.15) is 52.4 Å². The number of unbranched alkanes of at least 4 members (excludes halogenated alkanes) is 3. The maximum atomic E-state index is 10.6. The van der Waals surface area contributed by atoms with E-state index >= 15 is 0 Å². The van der Waals surface area contributed by atoms with Crippen LogP contribution in [0.4, 0.5) is 0 Å². The molecule has 0 unspecified atom stereocenters. The van der Waals surface area contributed by atoms with Crippen LogP contribution in [0.3, 0.4) is 0 Å². The fraction of sp³-hybridized carbons (Fsp3) is 0.769. The van der Waals surface area contributed by atoms with Gasteiger partial charge in [-0.3, -0.25) is 0 Å². The van der Waals surface area contributed by atoms with E-state index in [-0.39, 0.29) is 5.78 Å². The molecule has 0 amide bonds. The van der Waals surface area contributed by atoms with Crippen LogP contribution in [0.15, 0.2) is 12.2 Å². The molecule has 0 aliphatic carbocycles. The third-order valence-electron chi connectivity index (χ3n) is 2.17. The number of allylic oxidation sites excluding steroid dienone is 1. The smallest absolute Gasteiger partial charge is 0.129 e. The molecule has 15 heavy (non-hydrogen) atoms. The highest BCUT2D eigenvalue weighted by atomic mass is 16.5. The van der Waals surface area contributed by atoms with Gasteiger partial charge in [-0.25, -0.2) is 0 Å². The van der Waals surface area contributed by atoms with Crippen molar-refractivity contribution in [1.82, 2.24) is 0 Å². The van der Waals surface area contributed by atoms with Gasteiger partial charge in [-0.1, -0.05) is 31.9 Å². The molecule has 0 heterocycles. The van der Waals surface area contributed by atoms with Crippen LogP contribution in [0.2, 0.25) is 0 Å². The Morgan fingerprint density at radius 2 is 2.00 bits per heavy atom. The van der Waals surface area contributed by atoms with Crippen molar-refractivity contribution in [1.29, 1.82) is 0 Å². The van der Waals surface area contributed by atoms with Crippen molar-refractivity contribution in [3.05, 3.63) is 12.2 Å². The molecule has 0 saturated carbocycles. The summed E-state index contributed by atoms with van der Waals surface area (Å²) >= 11 is 0. The summed E-state index contributed by atoms with van der Waals surface area (Å²) in [6.07, 6.45) is 10.8. The standard InChI is InChI=1S/C13H24O2/c1-3-4-5-6-7-8-11-15-12-9-10-13(2)14/h7-8H,3-6,9-12H2,1-2H3. The Labute approximate surface area is 93.7 Å². The molecule has 0 atom stereocenters. The second-order valence-electron chi connectivity index (χ2n) is 3.85. The lowest BCUT2D eigenvalue weighted by Crippen LogP contribution is -1.97. The van der Waals surface area contributed by atoms with Crippen molar-refractivity contribution in [2.45, 2.75) is 52.4 Å². The Kier molecular flexibility index (Phi) is 11.0. The van der Waals surface area contributed by atoms with Gasteiger partial charge in [0.25, 0.3) is 0 Å². The van der Waals surface area contributed by atoms with Crippen LogP contribution in [-0.2, 0) is 9.53 Å². The SMILES string of the molecule is CCCCCC=CCOCCCC(C)=O. The maximum absolute atomic E-state index is 10.6. The van der Waals surface area contributed by atoms with Crippen molar-refractivity contribution < 1.29 is 9.53 Å². The molecule has 2 heteroatoms. The summed E-state index contributed by atoms with van der Waals surface area (Å²) in [4.78, 5) is 10.6. The van der Waals surface area contributed by atoms with Crippen molar-refractivity contribution in [3.8, 4) is 0 Å². The van der Waals surface area contributed by atoms with E-state index in [0.29, 0.717) is 19.6 Å². The predicted octanol–water partition coefficient (Wildman–Crippen LogP) is 3.51. The van der Waals surface area contributed by atoms with E-state index < -0.39 is 0 Å². The summed E-state index contributed by atoms with van der Waals surface area (Å²) in [5.41, 5.74) is 0. The molecule has 0 aliphatic heterocycles. The normalized spacial score (nSPS) is 11.1. The molecule has 88 valence electrons. The van der Waals surface area contributed by atoms with E-state index in [1.807, 2.05) is 0 Å². The number of carbonyl (C=O) groups is 1. The van der Waals surface area contributed by atoms with Gasteiger partial charge in [-0.15, -0.1) is 0 Å². The summed E-state index contributed by atoms with van der Waals surface area (Å²) in [6, 6.07) is 0. The molecule has 0 N–H and O–H groups in total. The predicted molar refractivity (Wildman–Crippen MR) is 64.0 cm³/mol. The third kappa shape index (κ3) is 13.4. The molecule has 0 bridgehead atoms. The number of ketones is 1. The maximum Gasteiger partial charge on any atom is 0.129 e. The van der Waals surface area contributed by atoms with E-state index in [0.717, 1.165) is 12.8 Å². The van der Waals surface area contributed by atoms with Gasteiger partial charge in [0.15, 0.2) is 0 Å². The molecule has 0 saturated heterocycles. The Morgan fingerprint density at radius 3 is 2.67 bits per heavy atom. The van der Waals surface area contributed by atoms with Gasteiger partial charge in [0.05, 0.1) is 6.61 Å². The Bertz CT molecular complexity index is 173. The lowest BCUT2D eigenvalue weighted by atomic mass is 10.2. The Hall–Kier alpha value is -0.630. The molecule has 0 radical (unpaired) electrons. The zero-order valence-electron chi connectivity index (χ0n) is 10.1. The fourth-order valence-electron chi connectivity index (χ4n) is 1.27. The number of ether oxygens (including phenoxy) is 1. The first-order valence-corrected chi connectivity index (χ1v) is 5.99. The number of Topliss-reactive ketones (excluding diaryl/α,β-unsaturated/α-hetero) is 1. The first kappa shape index (κ1) is 14.4. The number of hydrogen-bond acceptors (Lipinski definition) is 2. The first-order valence-electron chi connectivity index (χ1n) is 5.99. The molecular formula is C13H24O2. The van der Waals surface area contributed by atoms with Crippen LogP contribution >= 0.6 is 0 Å². The molecular weight excluding hydrogens is 188 g/mol. The zero-order valence-corrected chi connectivity index (χ0v) is 10.1. The van der Waals surface area contributed by atoms with Crippen molar-refractivity contribution in [2.24, 2.45) is 0 Å². The lowest BCUT2D eigenvalue weighted by molar-refractivity contribution is -0.117. The Balaban J connectivity index is 3.06. The van der Waals surface area contributed by atoms with Gasteiger partial charge in [-0.05, 0) is 26.2 Å². The van der Waals surface area contributed by atoms with E-state index in [2.05, 4.69) is 19.1 Å². The van der Waals surface area contributed by atoms with Crippen LogP contribution in [0, 0.1) is 0 Å². The quantitative estimate of drug-likeness (QED) is 0.409. The molecule has 0 fully saturated rings. The van der Waals surface area contributed by atoms with Crippen molar-refractivity contribution >= 4 is 5.78 Å². The summed E-state index contributed by atoms with van der Waals surface area (Å²) in [7, 11) is 0. The highest BCUT2D eigenvalue weighted by Gasteiger charge is 1.92. The summed E-state index contributed by atoms with van der Waals surface area (Å²) in [6.45, 7) is 5.21. The van der Waals surface area contributed by atoms with Crippen LogP contribution in [-0.4, -0.2) is 19.0 Å². The minimum Gasteiger partial charge on any atom is -0.377 e. The van der Waals surface area contributed by atoms with Gasteiger partial charge in [-0.2, -0.15) is 0 Å². The second kappa shape index (κ2) is 11.4. The number of hydrogen-bond donors (Lipinski definition) is 0. The van der Waals surface area contributed by atoms with E-state index in [1.54, 1.807) is 6.92 Å². The average molecular weight is 212 g/mol. The minimum absolute atomic E-state index is 0.244. The van der Waals surface area contributed by atoms with Gasteiger partial charge in [0, 0.05) is 13.0 Å². The van der Waals surface area contributed by atoms with Crippen LogP contribution in [0.25, 0.3) is 0 Å². The highest BCUT2D eigenvalue weighted by molar-refractivity contribution is 5.75. The molecule has 0 aliphatic rings. The summed E-state index contributed by atoms with van der Waals surface area (Å²) < 4.78 is 5.35. The third-order valence-corrected chi connectivity index (χ3v) is 2.17. The van der Waals surface area contributed by atoms with Crippen LogP contribution in [0.5, 0.6) is 0 Å². The lowest BCUT2D eigenvalue weighted by Gasteiger charge is -1.98. The van der Waals surface area contributed by atoms with Crippen LogP contribution < -0.4 is 0 Å². The monoisotopic (exact) mass is 212 g/mol. The summed E-state index contributed by atoms with van der Waals surface area (Å²) in [5.74, 6) is 0.244. The second-order valence-corrected chi connectivity index (χ2v) is 3.85. The fourth-order valence-corrected chi connectivity index (χ4v) is 1.27. The average Bonchev–Trinajstić information content (AvgIpc) is 2.20. The van der Waals surface area contributed by atoms with Gasteiger partial charge in [0.1, 0.15) is 5.78 Å². The molecule has 0 aromatic heterocycles. The van der Waals surface area contributed by atoms with Gasteiger partial charge >= 0.3 is 0 Å². The molecule has 2 nitrogen and oxygen atoms in total. The van der Waals surface area contributed by atoms with Crippen molar-refractivity contribution in [2.75, 3.05) is 13.2 Å². The zero-order chi connectivity index (χ0) is 11.4. The largest absolute Gasteiger partial charge is 0.377 e. The Morgan fingerprint density at radius 1 is 1.20 bits per heavy atom. The van der Waals surface area contributed by atoms with Crippen molar-refractivity contribution in [3.63, 3.8) is 0 Å². The van der Waals surface area contributed by atoms with Gasteiger partial charge < -0.3 is 9.53 Å². The van der Waals surface area contributed by atoms with E-state index in [9.17, 15) is 4.79 Å². The first-order chi connectivity index (χ1) is 7.27. The molecule has 0 aromatic carbocycles. The van der Waals surface area contributed by atoms with Gasteiger partial charge in [0.2, 0.25) is 0 Å². The number of rotatable bonds is 10. The molecule has 0 rings (SSSR count). The highest BCUT2D eigenvalue weighted by Crippen LogP contribution is 1.99. The van der Waals surface area contributed by atoms with E-state index in [4.69, 9.17) is 4.74 Å². The minimum atomic E-state index is 0.244. The molecule has 0 aromatic rings. The topological polar surface area (TPSA) is 26.3 Å².